The van der Waals surface area contributed by atoms with E-state index in [1.165, 1.54) is 51.5 Å². The predicted octanol–water partition coefficient (Wildman–Crippen LogP) is 3.71. The molecular formula is C17H25N. The summed E-state index contributed by atoms with van der Waals surface area (Å²) in [5, 5.41) is 3.86. The van der Waals surface area contributed by atoms with Gasteiger partial charge in [-0.1, -0.05) is 37.6 Å². The van der Waals surface area contributed by atoms with Crippen LogP contribution >= 0.6 is 0 Å². The van der Waals surface area contributed by atoms with Gasteiger partial charge in [-0.25, -0.2) is 0 Å². The maximum absolute atomic E-state index is 3.86. The second kappa shape index (κ2) is 5.05. The molecule has 0 bridgehead atoms. The fourth-order valence-electron chi connectivity index (χ4n) is 3.56. The number of benzene rings is 1. The van der Waals surface area contributed by atoms with Gasteiger partial charge in [0.15, 0.2) is 0 Å². The molecule has 1 fully saturated rings. The van der Waals surface area contributed by atoms with E-state index in [0.29, 0.717) is 11.5 Å². The quantitative estimate of drug-likeness (QED) is 0.850. The highest BCUT2D eigenvalue weighted by atomic mass is 14.9. The number of hydrogen-bond acceptors (Lipinski definition) is 1. The first-order chi connectivity index (χ1) is 8.81. The van der Waals surface area contributed by atoms with Crippen molar-refractivity contribution in [3.05, 3.63) is 35.4 Å². The first kappa shape index (κ1) is 12.2. The smallest absolute Gasteiger partial charge is 0.0111 e. The number of hydrogen-bond donors (Lipinski definition) is 1. The molecule has 0 heterocycles. The Morgan fingerprint density at radius 1 is 1.22 bits per heavy atom. The minimum atomic E-state index is 0.650. The van der Waals surface area contributed by atoms with Crippen LogP contribution in [-0.2, 0) is 12.8 Å². The fraction of sp³-hybridized carbons (Fsp3) is 0.647. The summed E-state index contributed by atoms with van der Waals surface area (Å²) < 4.78 is 0. The Balaban J connectivity index is 1.56. The monoisotopic (exact) mass is 243 g/mol. The Hall–Kier alpha value is -0.820. The Kier molecular flexibility index (Phi) is 3.43. The lowest BCUT2D eigenvalue weighted by Crippen LogP contribution is -2.45. The summed E-state index contributed by atoms with van der Waals surface area (Å²) in [5.41, 5.74) is 3.79. The summed E-state index contributed by atoms with van der Waals surface area (Å²) in [7, 11) is 0. The molecule has 1 heteroatoms. The number of nitrogens with one attached hydrogen (secondary N) is 1. The molecule has 0 aromatic heterocycles. The van der Waals surface area contributed by atoms with Crippen LogP contribution < -0.4 is 5.32 Å². The van der Waals surface area contributed by atoms with Crippen LogP contribution in [0.3, 0.4) is 0 Å². The minimum Gasteiger partial charge on any atom is -0.313 e. The van der Waals surface area contributed by atoms with Gasteiger partial charge in [0.1, 0.15) is 0 Å². The molecule has 18 heavy (non-hydrogen) atoms. The molecule has 0 aliphatic heterocycles. The molecule has 1 unspecified atom stereocenters. The number of aryl methyl sites for hydroxylation is 1. The summed E-state index contributed by atoms with van der Waals surface area (Å²) in [4.78, 5) is 0. The molecule has 0 amide bonds. The van der Waals surface area contributed by atoms with E-state index in [-0.39, 0.29) is 0 Å². The molecule has 1 saturated carbocycles. The van der Waals surface area contributed by atoms with E-state index in [1.54, 1.807) is 11.1 Å². The molecule has 0 saturated heterocycles. The molecule has 1 N–H and O–H groups in total. The average Bonchev–Trinajstić information content (AvgIpc) is 2.38. The van der Waals surface area contributed by atoms with Crippen LogP contribution in [0.25, 0.3) is 0 Å². The molecule has 1 aromatic carbocycles. The highest BCUT2D eigenvalue weighted by Crippen LogP contribution is 2.43. The third kappa shape index (κ3) is 2.33. The van der Waals surface area contributed by atoms with E-state index in [4.69, 9.17) is 0 Å². The van der Waals surface area contributed by atoms with E-state index in [1.807, 2.05) is 0 Å². The van der Waals surface area contributed by atoms with Crippen LogP contribution in [0.15, 0.2) is 24.3 Å². The largest absolute Gasteiger partial charge is 0.313 e. The maximum atomic E-state index is 3.86. The van der Waals surface area contributed by atoms with Gasteiger partial charge in [-0.3, -0.25) is 0 Å². The van der Waals surface area contributed by atoms with Crippen LogP contribution in [0, 0.1) is 5.41 Å². The van der Waals surface area contributed by atoms with E-state index in [0.717, 1.165) is 0 Å². The van der Waals surface area contributed by atoms with Gasteiger partial charge < -0.3 is 5.32 Å². The van der Waals surface area contributed by atoms with Gasteiger partial charge in [0.25, 0.3) is 0 Å². The summed E-state index contributed by atoms with van der Waals surface area (Å²) >= 11 is 0. The standard InChI is InChI=1S/C17H25N/c1-2-17(10-5-11-17)13-18-16-9-8-14-6-3-4-7-15(14)12-16/h3-4,6-7,16,18H,2,5,8-13H2,1H3. The zero-order valence-corrected chi connectivity index (χ0v) is 11.5. The second-order valence-corrected chi connectivity index (χ2v) is 6.30. The lowest BCUT2D eigenvalue weighted by atomic mass is 9.67. The van der Waals surface area contributed by atoms with Crippen molar-refractivity contribution in [2.24, 2.45) is 5.41 Å². The Bertz CT molecular complexity index is 400. The summed E-state index contributed by atoms with van der Waals surface area (Å²) in [5.74, 6) is 0. The zero-order chi connectivity index (χ0) is 12.4. The van der Waals surface area contributed by atoms with Crippen LogP contribution in [-0.4, -0.2) is 12.6 Å². The third-order valence-electron chi connectivity index (χ3n) is 5.28. The summed E-state index contributed by atoms with van der Waals surface area (Å²) in [6, 6.07) is 9.67. The Morgan fingerprint density at radius 2 is 2.00 bits per heavy atom. The van der Waals surface area contributed by atoms with Gasteiger partial charge in [-0.15, -0.1) is 0 Å². The van der Waals surface area contributed by atoms with E-state index in [2.05, 4.69) is 36.5 Å². The van der Waals surface area contributed by atoms with Gasteiger partial charge in [0.05, 0.1) is 0 Å². The average molecular weight is 243 g/mol. The van der Waals surface area contributed by atoms with E-state index >= 15 is 0 Å². The van der Waals surface area contributed by atoms with Gasteiger partial charge in [-0.05, 0) is 55.1 Å². The normalized spacial score (nSPS) is 25.3. The third-order valence-corrected chi connectivity index (χ3v) is 5.28. The lowest BCUT2D eigenvalue weighted by molar-refractivity contribution is 0.118. The molecular weight excluding hydrogens is 218 g/mol. The SMILES string of the molecule is CCC1(CNC2CCc3ccccc3C2)CCC1. The number of rotatable bonds is 4. The van der Waals surface area contributed by atoms with Crippen LogP contribution in [0.1, 0.15) is 50.2 Å². The van der Waals surface area contributed by atoms with Gasteiger partial charge >= 0.3 is 0 Å². The maximum Gasteiger partial charge on any atom is 0.0111 e. The van der Waals surface area contributed by atoms with E-state index in [9.17, 15) is 0 Å². The van der Waals surface area contributed by atoms with Gasteiger partial charge in [0, 0.05) is 12.6 Å². The minimum absolute atomic E-state index is 0.650. The fourth-order valence-corrected chi connectivity index (χ4v) is 3.56. The number of fused-ring (bicyclic) bond motifs is 1. The van der Waals surface area contributed by atoms with Crippen LogP contribution in [0.2, 0.25) is 0 Å². The summed E-state index contributed by atoms with van der Waals surface area (Å²) in [6.45, 7) is 3.60. The molecule has 3 rings (SSSR count). The predicted molar refractivity (Wildman–Crippen MR) is 76.8 cm³/mol. The zero-order valence-electron chi connectivity index (χ0n) is 11.5. The van der Waals surface area contributed by atoms with Gasteiger partial charge in [-0.2, -0.15) is 0 Å². The molecule has 2 aliphatic carbocycles. The molecule has 1 nitrogen and oxygen atoms in total. The van der Waals surface area contributed by atoms with Gasteiger partial charge in [0.2, 0.25) is 0 Å². The van der Waals surface area contributed by atoms with Crippen molar-refractivity contribution in [1.82, 2.24) is 5.32 Å². The Morgan fingerprint density at radius 3 is 2.67 bits per heavy atom. The Labute approximate surface area is 111 Å². The van der Waals surface area contributed by atoms with Crippen molar-refractivity contribution in [3.63, 3.8) is 0 Å². The van der Waals surface area contributed by atoms with E-state index < -0.39 is 0 Å². The lowest BCUT2D eigenvalue weighted by Gasteiger charge is -2.43. The van der Waals surface area contributed by atoms with Crippen molar-refractivity contribution in [2.45, 2.75) is 57.9 Å². The highest BCUT2D eigenvalue weighted by molar-refractivity contribution is 5.30. The highest BCUT2D eigenvalue weighted by Gasteiger charge is 2.35. The molecule has 0 spiro atoms. The van der Waals surface area contributed by atoms with Crippen molar-refractivity contribution >= 4 is 0 Å². The second-order valence-electron chi connectivity index (χ2n) is 6.30. The van der Waals surface area contributed by atoms with Crippen molar-refractivity contribution < 1.29 is 0 Å². The van der Waals surface area contributed by atoms with Crippen LogP contribution in [0.5, 0.6) is 0 Å². The van der Waals surface area contributed by atoms with Crippen molar-refractivity contribution in [3.8, 4) is 0 Å². The molecule has 98 valence electrons. The summed E-state index contributed by atoms with van der Waals surface area (Å²) in [6.07, 6.45) is 9.49. The van der Waals surface area contributed by atoms with Crippen molar-refractivity contribution in [1.29, 1.82) is 0 Å². The first-order valence-electron chi connectivity index (χ1n) is 7.61. The molecule has 2 aliphatic rings. The molecule has 1 atom stereocenters. The molecule has 1 aromatic rings. The van der Waals surface area contributed by atoms with Crippen LogP contribution in [0.4, 0.5) is 0 Å². The first-order valence-corrected chi connectivity index (χ1v) is 7.61. The molecule has 0 radical (unpaired) electrons. The topological polar surface area (TPSA) is 12.0 Å². The van der Waals surface area contributed by atoms with Crippen molar-refractivity contribution in [2.75, 3.05) is 6.54 Å².